The van der Waals surface area contributed by atoms with Gasteiger partial charge in [-0.2, -0.15) is 0 Å². The van der Waals surface area contributed by atoms with Crippen LogP contribution >= 0.6 is 12.4 Å². The molecule has 0 saturated carbocycles. The Morgan fingerprint density at radius 3 is 2.57 bits per heavy atom. The summed E-state index contributed by atoms with van der Waals surface area (Å²) in [6.07, 6.45) is 5.37. The van der Waals surface area contributed by atoms with E-state index in [9.17, 15) is 4.79 Å². The van der Waals surface area contributed by atoms with Crippen LogP contribution in [0, 0.1) is 0 Å². The second-order valence-corrected chi connectivity index (χ2v) is 4.03. The fraction of sp³-hybridized carbons (Fsp3) is 0.900. The highest BCUT2D eigenvalue weighted by Crippen LogP contribution is 2.18. The minimum absolute atomic E-state index is 0. The van der Waals surface area contributed by atoms with Crippen molar-refractivity contribution in [2.45, 2.75) is 38.1 Å². The van der Waals surface area contributed by atoms with Crippen molar-refractivity contribution in [3.8, 4) is 0 Å². The second-order valence-electron chi connectivity index (χ2n) is 4.03. The standard InChI is InChI=1S/C10H18N2O.ClH/c13-10-3-1-2-8-12(10)9-4-6-11-7-5-9;/h9,11H,1-8H2;1H. The summed E-state index contributed by atoms with van der Waals surface area (Å²) in [4.78, 5) is 13.7. The van der Waals surface area contributed by atoms with E-state index in [2.05, 4.69) is 10.2 Å². The second kappa shape index (κ2) is 5.56. The molecule has 1 N–H and O–H groups in total. The highest BCUT2D eigenvalue weighted by molar-refractivity contribution is 5.85. The molecule has 0 unspecified atom stereocenters. The van der Waals surface area contributed by atoms with E-state index >= 15 is 0 Å². The number of carbonyl (C=O) groups is 1. The molecule has 2 heterocycles. The van der Waals surface area contributed by atoms with E-state index in [0.29, 0.717) is 11.9 Å². The van der Waals surface area contributed by atoms with E-state index < -0.39 is 0 Å². The molecule has 0 aliphatic carbocycles. The quantitative estimate of drug-likeness (QED) is 0.717. The Bertz CT molecular complexity index is 193. The molecule has 0 atom stereocenters. The van der Waals surface area contributed by atoms with Crippen LogP contribution in [-0.4, -0.2) is 36.5 Å². The summed E-state index contributed by atoms with van der Waals surface area (Å²) in [7, 11) is 0. The highest BCUT2D eigenvalue weighted by Gasteiger charge is 2.26. The number of hydrogen-bond donors (Lipinski definition) is 1. The topological polar surface area (TPSA) is 32.3 Å². The molecule has 0 radical (unpaired) electrons. The SMILES string of the molecule is Cl.O=C1CCCCN1C1CCNCC1. The molecule has 2 saturated heterocycles. The van der Waals surface area contributed by atoms with Gasteiger partial charge in [-0.05, 0) is 38.8 Å². The minimum atomic E-state index is 0. The number of carbonyl (C=O) groups excluding carboxylic acids is 1. The molecule has 2 aliphatic heterocycles. The Morgan fingerprint density at radius 2 is 1.93 bits per heavy atom. The third kappa shape index (κ3) is 2.61. The van der Waals surface area contributed by atoms with Crippen LogP contribution in [-0.2, 0) is 4.79 Å². The first-order valence-corrected chi connectivity index (χ1v) is 5.38. The van der Waals surface area contributed by atoms with E-state index in [4.69, 9.17) is 0 Å². The first kappa shape index (κ1) is 11.8. The number of likely N-dealkylation sites (tertiary alicyclic amines) is 1. The number of hydrogen-bond acceptors (Lipinski definition) is 2. The Balaban J connectivity index is 0.000000980. The summed E-state index contributed by atoms with van der Waals surface area (Å²) in [5.74, 6) is 0.387. The van der Waals surface area contributed by atoms with Crippen LogP contribution in [0.4, 0.5) is 0 Å². The predicted molar refractivity (Wildman–Crippen MR) is 58.7 cm³/mol. The van der Waals surface area contributed by atoms with Crippen LogP contribution in [0.2, 0.25) is 0 Å². The van der Waals surface area contributed by atoms with Crippen LogP contribution in [0.1, 0.15) is 32.1 Å². The van der Waals surface area contributed by atoms with Crippen LogP contribution in [0.5, 0.6) is 0 Å². The molecule has 3 nitrogen and oxygen atoms in total. The number of piperidine rings is 2. The van der Waals surface area contributed by atoms with Crippen LogP contribution in [0.15, 0.2) is 0 Å². The van der Waals surface area contributed by atoms with Gasteiger partial charge in [-0.3, -0.25) is 4.79 Å². The molecular weight excluding hydrogens is 200 g/mol. The summed E-state index contributed by atoms with van der Waals surface area (Å²) in [6.45, 7) is 3.16. The molecule has 2 aliphatic rings. The van der Waals surface area contributed by atoms with Crippen molar-refractivity contribution in [2.24, 2.45) is 0 Å². The lowest BCUT2D eigenvalue weighted by molar-refractivity contribution is -0.136. The zero-order chi connectivity index (χ0) is 9.10. The van der Waals surface area contributed by atoms with E-state index in [0.717, 1.165) is 45.3 Å². The summed E-state index contributed by atoms with van der Waals surface area (Å²) >= 11 is 0. The average molecular weight is 219 g/mol. The van der Waals surface area contributed by atoms with Gasteiger partial charge in [-0.1, -0.05) is 0 Å². The maximum Gasteiger partial charge on any atom is 0.222 e. The zero-order valence-corrected chi connectivity index (χ0v) is 9.31. The van der Waals surface area contributed by atoms with Crippen molar-refractivity contribution < 1.29 is 4.79 Å². The molecular formula is C10H19ClN2O. The summed E-state index contributed by atoms with van der Waals surface area (Å²) < 4.78 is 0. The van der Waals surface area contributed by atoms with Crippen molar-refractivity contribution in [1.29, 1.82) is 0 Å². The zero-order valence-electron chi connectivity index (χ0n) is 8.50. The van der Waals surface area contributed by atoms with E-state index in [1.165, 1.54) is 6.42 Å². The Hall–Kier alpha value is -0.280. The summed E-state index contributed by atoms with van der Waals surface area (Å²) in [6, 6.07) is 0.536. The van der Waals surface area contributed by atoms with Gasteiger partial charge in [0.2, 0.25) is 5.91 Å². The summed E-state index contributed by atoms with van der Waals surface area (Å²) in [5.41, 5.74) is 0. The van der Waals surface area contributed by atoms with Crippen molar-refractivity contribution in [3.63, 3.8) is 0 Å². The van der Waals surface area contributed by atoms with Crippen molar-refractivity contribution in [2.75, 3.05) is 19.6 Å². The highest BCUT2D eigenvalue weighted by atomic mass is 35.5. The van der Waals surface area contributed by atoms with Crippen molar-refractivity contribution in [3.05, 3.63) is 0 Å². The summed E-state index contributed by atoms with van der Waals surface area (Å²) in [5, 5.41) is 3.33. The van der Waals surface area contributed by atoms with Gasteiger partial charge in [0.05, 0.1) is 0 Å². The van der Waals surface area contributed by atoms with Crippen molar-refractivity contribution >= 4 is 18.3 Å². The molecule has 1 amide bonds. The first-order valence-electron chi connectivity index (χ1n) is 5.38. The molecule has 4 heteroatoms. The number of nitrogens with zero attached hydrogens (tertiary/aromatic N) is 1. The number of amides is 1. The molecule has 0 aromatic carbocycles. The van der Waals surface area contributed by atoms with Gasteiger partial charge in [0.1, 0.15) is 0 Å². The molecule has 0 aromatic heterocycles. The van der Waals surface area contributed by atoms with Crippen LogP contribution in [0.3, 0.4) is 0 Å². The van der Waals surface area contributed by atoms with Gasteiger partial charge in [0.25, 0.3) is 0 Å². The fourth-order valence-electron chi connectivity index (χ4n) is 2.33. The first-order chi connectivity index (χ1) is 6.38. The van der Waals surface area contributed by atoms with Gasteiger partial charge in [-0.25, -0.2) is 0 Å². The predicted octanol–water partition coefficient (Wildman–Crippen LogP) is 1.17. The third-order valence-corrected chi connectivity index (χ3v) is 3.11. The lowest BCUT2D eigenvalue weighted by Gasteiger charge is -2.37. The van der Waals surface area contributed by atoms with Gasteiger partial charge in [0.15, 0.2) is 0 Å². The lowest BCUT2D eigenvalue weighted by atomic mass is 10.0. The smallest absolute Gasteiger partial charge is 0.222 e. The number of halogens is 1. The van der Waals surface area contributed by atoms with Crippen LogP contribution in [0.25, 0.3) is 0 Å². The third-order valence-electron chi connectivity index (χ3n) is 3.11. The van der Waals surface area contributed by atoms with Gasteiger partial charge >= 0.3 is 0 Å². The molecule has 0 bridgehead atoms. The number of nitrogens with one attached hydrogen (secondary N) is 1. The van der Waals surface area contributed by atoms with E-state index in [-0.39, 0.29) is 12.4 Å². The molecule has 2 fully saturated rings. The molecule has 0 aromatic rings. The molecule has 14 heavy (non-hydrogen) atoms. The Labute approximate surface area is 91.6 Å². The fourth-order valence-corrected chi connectivity index (χ4v) is 2.33. The maximum absolute atomic E-state index is 11.6. The lowest BCUT2D eigenvalue weighted by Crippen LogP contribution is -2.47. The normalized spacial score (nSPS) is 24.6. The molecule has 2 rings (SSSR count). The van der Waals surface area contributed by atoms with Gasteiger partial charge < -0.3 is 10.2 Å². The van der Waals surface area contributed by atoms with Crippen molar-refractivity contribution in [1.82, 2.24) is 10.2 Å². The molecule has 82 valence electrons. The monoisotopic (exact) mass is 218 g/mol. The molecule has 0 spiro atoms. The average Bonchev–Trinajstić information content (AvgIpc) is 2.20. The van der Waals surface area contributed by atoms with E-state index in [1.807, 2.05) is 0 Å². The van der Waals surface area contributed by atoms with Gasteiger partial charge in [0, 0.05) is 19.0 Å². The number of rotatable bonds is 1. The minimum Gasteiger partial charge on any atom is -0.340 e. The van der Waals surface area contributed by atoms with Gasteiger partial charge in [-0.15, -0.1) is 12.4 Å². The maximum atomic E-state index is 11.6. The van der Waals surface area contributed by atoms with Crippen LogP contribution < -0.4 is 5.32 Å². The largest absolute Gasteiger partial charge is 0.340 e. The Morgan fingerprint density at radius 1 is 1.21 bits per heavy atom. The Kier molecular flexibility index (Phi) is 4.69. The van der Waals surface area contributed by atoms with E-state index in [1.54, 1.807) is 0 Å².